The molecular formula is C13H17F3O2S. The van der Waals surface area contributed by atoms with Crippen molar-refractivity contribution < 1.29 is 21.6 Å². The average molecular weight is 294 g/mol. The van der Waals surface area contributed by atoms with Gasteiger partial charge in [-0.05, 0) is 23.0 Å². The van der Waals surface area contributed by atoms with E-state index in [0.717, 1.165) is 0 Å². The Labute approximate surface area is 113 Å². The minimum absolute atomic E-state index is 0.0149. The molecule has 6 heteroatoms. The third-order valence-electron chi connectivity index (χ3n) is 2.67. The summed E-state index contributed by atoms with van der Waals surface area (Å²) in [6, 6.07) is 5.16. The minimum Gasteiger partial charge on any atom is -0.394 e. The average Bonchev–Trinajstić information content (AvgIpc) is 2.27. The lowest BCUT2D eigenvalue weighted by atomic mass is 9.94. The number of hydrogen-bond donors (Lipinski definition) is 0. The number of benzene rings is 1. The Hall–Kier alpha value is -1.04. The number of rotatable bonds is 4. The van der Waals surface area contributed by atoms with Crippen LogP contribution in [-0.4, -0.2) is 9.72 Å². The van der Waals surface area contributed by atoms with Crippen LogP contribution in [0, 0.1) is 0 Å². The van der Waals surface area contributed by atoms with Gasteiger partial charge in [0.25, 0.3) is 0 Å². The van der Waals surface area contributed by atoms with Gasteiger partial charge in [0.1, 0.15) is 5.75 Å². The zero-order chi connectivity index (χ0) is 14.8. The minimum atomic E-state index is -4.88. The van der Waals surface area contributed by atoms with Crippen LogP contribution in [0.3, 0.4) is 0 Å². The van der Waals surface area contributed by atoms with Crippen LogP contribution in [-0.2, 0) is 11.1 Å². The molecule has 1 rings (SSSR count). The molecule has 0 radical (unpaired) electrons. The highest BCUT2D eigenvalue weighted by Gasteiger charge is 2.40. The van der Waals surface area contributed by atoms with E-state index in [-0.39, 0.29) is 17.6 Å². The van der Waals surface area contributed by atoms with Crippen LogP contribution in [0.4, 0.5) is 13.2 Å². The second kappa shape index (κ2) is 5.94. The summed E-state index contributed by atoms with van der Waals surface area (Å²) in [5.74, 6) is 0.0565. The van der Waals surface area contributed by atoms with Crippen molar-refractivity contribution in [2.24, 2.45) is 0 Å². The van der Waals surface area contributed by atoms with Crippen molar-refractivity contribution in [3.05, 3.63) is 29.3 Å². The molecule has 0 heterocycles. The van der Waals surface area contributed by atoms with E-state index in [1.54, 1.807) is 18.2 Å². The first-order chi connectivity index (χ1) is 8.64. The van der Waals surface area contributed by atoms with Crippen molar-refractivity contribution in [2.45, 2.75) is 45.0 Å². The largest absolute Gasteiger partial charge is 0.508 e. The van der Waals surface area contributed by atoms with E-state index in [1.807, 2.05) is 27.7 Å². The highest BCUT2D eigenvalue weighted by Crippen LogP contribution is 2.36. The molecule has 1 aromatic carbocycles. The van der Waals surface area contributed by atoms with Gasteiger partial charge in [0.05, 0.1) is 0 Å². The molecule has 0 aliphatic heterocycles. The molecule has 0 aliphatic carbocycles. The number of halogens is 3. The number of alkyl halides is 3. The fourth-order valence-electron chi connectivity index (χ4n) is 1.70. The zero-order valence-electron chi connectivity index (χ0n) is 11.2. The molecule has 0 aliphatic rings. The molecule has 1 unspecified atom stereocenters. The van der Waals surface area contributed by atoms with E-state index in [0.29, 0.717) is 11.1 Å². The fourth-order valence-corrected chi connectivity index (χ4v) is 2.14. The van der Waals surface area contributed by atoms with E-state index in [4.69, 9.17) is 4.18 Å². The number of para-hydroxylation sites is 1. The molecule has 108 valence electrons. The van der Waals surface area contributed by atoms with Gasteiger partial charge in [0.15, 0.2) is 0 Å². The van der Waals surface area contributed by atoms with Crippen molar-refractivity contribution >= 4 is 11.1 Å². The Morgan fingerprint density at radius 1 is 1.05 bits per heavy atom. The molecule has 0 saturated carbocycles. The molecule has 0 bridgehead atoms. The molecular weight excluding hydrogens is 277 g/mol. The van der Waals surface area contributed by atoms with Gasteiger partial charge >= 0.3 is 16.6 Å². The molecule has 2 nitrogen and oxygen atoms in total. The predicted molar refractivity (Wildman–Crippen MR) is 69.4 cm³/mol. The Kier molecular flexibility index (Phi) is 5.01. The van der Waals surface area contributed by atoms with Crippen LogP contribution < -0.4 is 4.18 Å². The third-order valence-corrected chi connectivity index (χ3v) is 3.36. The second-order valence-electron chi connectivity index (χ2n) is 4.84. The Morgan fingerprint density at radius 2 is 1.47 bits per heavy atom. The summed E-state index contributed by atoms with van der Waals surface area (Å²) in [6.45, 7) is 7.40. The predicted octanol–water partition coefficient (Wildman–Crippen LogP) is 4.50. The smallest absolute Gasteiger partial charge is 0.394 e. The molecule has 0 spiro atoms. The number of hydrogen-bond acceptors (Lipinski definition) is 2. The lowest BCUT2D eigenvalue weighted by Gasteiger charge is -2.19. The monoisotopic (exact) mass is 294 g/mol. The highest BCUT2D eigenvalue weighted by atomic mass is 32.2. The van der Waals surface area contributed by atoms with Crippen molar-refractivity contribution in [3.8, 4) is 5.75 Å². The summed E-state index contributed by atoms with van der Waals surface area (Å²) in [6.07, 6.45) is 0. The third kappa shape index (κ3) is 3.96. The van der Waals surface area contributed by atoms with Crippen LogP contribution in [0.15, 0.2) is 18.2 Å². The van der Waals surface area contributed by atoms with E-state index in [9.17, 15) is 17.4 Å². The summed E-state index contributed by atoms with van der Waals surface area (Å²) in [4.78, 5) is 0. The fraction of sp³-hybridized carbons (Fsp3) is 0.538. The van der Waals surface area contributed by atoms with Crippen LogP contribution in [0.5, 0.6) is 5.75 Å². The van der Waals surface area contributed by atoms with Gasteiger partial charge in [-0.2, -0.15) is 13.2 Å². The molecule has 1 aromatic rings. The summed E-state index contributed by atoms with van der Waals surface area (Å²) in [5.41, 5.74) is -3.62. The lowest BCUT2D eigenvalue weighted by molar-refractivity contribution is -0.0438. The van der Waals surface area contributed by atoms with Crippen LogP contribution in [0.25, 0.3) is 0 Å². The van der Waals surface area contributed by atoms with Crippen LogP contribution in [0.2, 0.25) is 0 Å². The van der Waals surface area contributed by atoms with Gasteiger partial charge in [0.2, 0.25) is 0 Å². The maximum atomic E-state index is 12.4. The molecule has 0 saturated heterocycles. The maximum Gasteiger partial charge on any atom is 0.508 e. The molecule has 0 amide bonds. The van der Waals surface area contributed by atoms with Gasteiger partial charge in [-0.15, -0.1) is 0 Å². The van der Waals surface area contributed by atoms with E-state index in [1.165, 1.54) is 0 Å². The first-order valence-electron chi connectivity index (χ1n) is 5.94. The topological polar surface area (TPSA) is 26.3 Å². The molecule has 19 heavy (non-hydrogen) atoms. The van der Waals surface area contributed by atoms with Crippen LogP contribution >= 0.6 is 0 Å². The van der Waals surface area contributed by atoms with Crippen molar-refractivity contribution in [1.29, 1.82) is 0 Å². The first-order valence-corrected chi connectivity index (χ1v) is 7.01. The van der Waals surface area contributed by atoms with E-state index < -0.39 is 16.6 Å². The quantitative estimate of drug-likeness (QED) is 0.817. The zero-order valence-corrected chi connectivity index (χ0v) is 12.1. The molecule has 0 N–H and O–H groups in total. The normalized spacial score (nSPS) is 13.9. The summed E-state index contributed by atoms with van der Waals surface area (Å²) in [7, 11) is 0. The lowest BCUT2D eigenvalue weighted by Crippen LogP contribution is -2.22. The van der Waals surface area contributed by atoms with Crippen molar-refractivity contribution in [3.63, 3.8) is 0 Å². The van der Waals surface area contributed by atoms with Gasteiger partial charge in [0, 0.05) is 0 Å². The van der Waals surface area contributed by atoms with Gasteiger partial charge in [-0.25, -0.2) is 4.21 Å². The Morgan fingerprint density at radius 3 is 1.79 bits per heavy atom. The SMILES string of the molecule is CC(C)c1cccc(C(C)C)c1OS(=O)C(F)(F)F. The van der Waals surface area contributed by atoms with Crippen molar-refractivity contribution in [2.75, 3.05) is 0 Å². The molecule has 1 atom stereocenters. The van der Waals surface area contributed by atoms with E-state index in [2.05, 4.69) is 0 Å². The highest BCUT2D eigenvalue weighted by molar-refractivity contribution is 7.81. The first kappa shape index (κ1) is 16.0. The van der Waals surface area contributed by atoms with Gasteiger partial charge in [-0.3, -0.25) is 0 Å². The van der Waals surface area contributed by atoms with Gasteiger partial charge < -0.3 is 4.18 Å². The van der Waals surface area contributed by atoms with Crippen molar-refractivity contribution in [1.82, 2.24) is 0 Å². The Balaban J connectivity index is 3.26. The summed E-state index contributed by atoms with van der Waals surface area (Å²) < 4.78 is 53.0. The standard InChI is InChI=1S/C13H17F3O2S/c1-8(2)10-6-5-7-11(9(3)4)12(10)18-19(17)13(14,15)16/h5-9H,1-4H3. The molecule has 0 fully saturated rings. The van der Waals surface area contributed by atoms with Crippen LogP contribution in [0.1, 0.15) is 50.7 Å². The Bertz CT molecular complexity index is 441. The second-order valence-corrected chi connectivity index (χ2v) is 5.94. The maximum absolute atomic E-state index is 12.4. The van der Waals surface area contributed by atoms with E-state index >= 15 is 0 Å². The molecule has 0 aromatic heterocycles. The summed E-state index contributed by atoms with van der Waals surface area (Å²) >= 11 is -3.34. The summed E-state index contributed by atoms with van der Waals surface area (Å²) in [5, 5.41) is 0. The van der Waals surface area contributed by atoms with Gasteiger partial charge in [-0.1, -0.05) is 45.9 Å².